The van der Waals surface area contributed by atoms with E-state index in [0.717, 1.165) is 77.6 Å². The molecule has 5 rings (SSSR count). The highest BCUT2D eigenvalue weighted by molar-refractivity contribution is 9.10. The molecule has 0 radical (unpaired) electrons. The Morgan fingerprint density at radius 2 is 1.79 bits per heavy atom. The molecule has 2 aliphatic heterocycles. The average Bonchev–Trinajstić information content (AvgIpc) is 3.49. The van der Waals surface area contributed by atoms with E-state index in [4.69, 9.17) is 16.3 Å². The van der Waals surface area contributed by atoms with E-state index >= 15 is 0 Å². The molecule has 2 fully saturated rings. The summed E-state index contributed by atoms with van der Waals surface area (Å²) in [5.74, 6) is 1.80. The Morgan fingerprint density at radius 1 is 1.06 bits per heavy atom. The van der Waals surface area contributed by atoms with E-state index in [0.29, 0.717) is 11.6 Å². The topological polar surface area (TPSA) is 73.4 Å². The maximum atomic E-state index is 6.49. The third-order valence-electron chi connectivity index (χ3n) is 6.59. The number of piperazine rings is 1. The monoisotopic (exact) mass is 569 g/mol. The number of H-pyrrole nitrogens is 1. The SMILES string of the molecule is Cc1c(OCCCN2CCCC2)cc(Cl)cc1N1CCN(c2ncnc3[nH]nc(Br)c23)CC1.Cl. The Hall–Kier alpha value is -1.81. The van der Waals surface area contributed by atoms with Crippen LogP contribution in [0, 0.1) is 6.92 Å². The van der Waals surface area contributed by atoms with Crippen LogP contribution >= 0.6 is 39.9 Å². The van der Waals surface area contributed by atoms with Gasteiger partial charge in [-0.15, -0.1) is 12.4 Å². The molecule has 2 aromatic heterocycles. The van der Waals surface area contributed by atoms with Gasteiger partial charge in [0.05, 0.1) is 12.0 Å². The van der Waals surface area contributed by atoms with Crippen LogP contribution in [0.3, 0.4) is 0 Å². The predicted molar refractivity (Wildman–Crippen MR) is 143 cm³/mol. The van der Waals surface area contributed by atoms with E-state index in [9.17, 15) is 0 Å². The molecule has 1 aromatic carbocycles. The maximum Gasteiger partial charge on any atom is 0.161 e. The molecule has 0 atom stereocenters. The number of halogens is 3. The van der Waals surface area contributed by atoms with Crippen molar-refractivity contribution in [2.75, 3.05) is 62.2 Å². The van der Waals surface area contributed by atoms with Gasteiger partial charge in [0.25, 0.3) is 0 Å². The van der Waals surface area contributed by atoms with Crippen LogP contribution in [0.2, 0.25) is 5.02 Å². The number of hydrogen-bond acceptors (Lipinski definition) is 7. The highest BCUT2D eigenvalue weighted by Crippen LogP contribution is 2.35. The Labute approximate surface area is 219 Å². The van der Waals surface area contributed by atoms with Crippen molar-refractivity contribution in [3.8, 4) is 5.75 Å². The van der Waals surface area contributed by atoms with Gasteiger partial charge in [-0.3, -0.25) is 5.10 Å². The number of aromatic nitrogens is 4. The minimum Gasteiger partial charge on any atom is -0.493 e. The molecule has 0 amide bonds. The molecular formula is C23H30BrCl2N7O. The van der Waals surface area contributed by atoms with Crippen molar-refractivity contribution in [2.45, 2.75) is 26.2 Å². The lowest BCUT2D eigenvalue weighted by atomic mass is 10.1. The van der Waals surface area contributed by atoms with E-state index in [2.05, 4.69) is 63.8 Å². The molecule has 2 aliphatic rings. The van der Waals surface area contributed by atoms with Crippen molar-refractivity contribution in [3.63, 3.8) is 0 Å². The van der Waals surface area contributed by atoms with Crippen LogP contribution in [0.25, 0.3) is 11.0 Å². The van der Waals surface area contributed by atoms with Crippen LogP contribution in [0.4, 0.5) is 11.5 Å². The molecule has 184 valence electrons. The first-order valence-electron chi connectivity index (χ1n) is 11.6. The zero-order valence-corrected chi connectivity index (χ0v) is 22.4. The third-order valence-corrected chi connectivity index (χ3v) is 7.38. The predicted octanol–water partition coefficient (Wildman–Crippen LogP) is 4.69. The van der Waals surface area contributed by atoms with E-state index in [-0.39, 0.29) is 12.4 Å². The summed E-state index contributed by atoms with van der Waals surface area (Å²) in [6.45, 7) is 9.85. The molecular weight excluding hydrogens is 541 g/mol. The normalized spacial score (nSPS) is 16.8. The van der Waals surface area contributed by atoms with Crippen molar-refractivity contribution in [1.29, 1.82) is 0 Å². The van der Waals surface area contributed by atoms with Gasteiger partial charge in [0.15, 0.2) is 5.65 Å². The Balaban J connectivity index is 0.00000274. The quantitative estimate of drug-likeness (QED) is 0.413. The number of benzene rings is 1. The first-order chi connectivity index (χ1) is 16.1. The maximum absolute atomic E-state index is 6.49. The standard InChI is InChI=1S/C23H29BrClN7O.ClH/c1-16-18(13-17(25)14-19(16)33-12-4-7-30-5-2-3-6-30)31-8-10-32(11-9-31)23-20-21(24)28-29-22(20)26-15-27-23;/h13-15H,2-12H2,1H3,(H,26,27,28,29);1H. The Bertz CT molecular complexity index is 1110. The van der Waals surface area contributed by atoms with Crippen LogP contribution in [0.1, 0.15) is 24.8 Å². The average molecular weight is 571 g/mol. The number of likely N-dealkylation sites (tertiary alicyclic amines) is 1. The summed E-state index contributed by atoms with van der Waals surface area (Å²) in [7, 11) is 0. The van der Waals surface area contributed by atoms with Gasteiger partial charge in [-0.05, 0) is 67.3 Å². The molecule has 0 bridgehead atoms. The van der Waals surface area contributed by atoms with Crippen LogP contribution in [0.15, 0.2) is 23.1 Å². The van der Waals surface area contributed by atoms with Crippen molar-refractivity contribution >= 4 is 62.5 Å². The molecule has 4 heterocycles. The van der Waals surface area contributed by atoms with E-state index in [1.807, 2.05) is 6.07 Å². The largest absolute Gasteiger partial charge is 0.493 e. The van der Waals surface area contributed by atoms with E-state index < -0.39 is 0 Å². The molecule has 0 spiro atoms. The highest BCUT2D eigenvalue weighted by Gasteiger charge is 2.24. The lowest BCUT2D eigenvalue weighted by Crippen LogP contribution is -2.47. The first kappa shape index (κ1) is 25.3. The molecule has 0 unspecified atom stereocenters. The fourth-order valence-corrected chi connectivity index (χ4v) is 5.46. The van der Waals surface area contributed by atoms with Crippen LogP contribution in [0.5, 0.6) is 5.75 Å². The Kier molecular flexibility index (Phi) is 8.39. The highest BCUT2D eigenvalue weighted by atomic mass is 79.9. The van der Waals surface area contributed by atoms with Gasteiger partial charge in [-0.25, -0.2) is 9.97 Å². The minimum atomic E-state index is 0. The summed E-state index contributed by atoms with van der Waals surface area (Å²) in [6.07, 6.45) is 5.28. The lowest BCUT2D eigenvalue weighted by Gasteiger charge is -2.37. The number of nitrogens with zero attached hydrogens (tertiary/aromatic N) is 6. The van der Waals surface area contributed by atoms with Crippen LogP contribution in [-0.2, 0) is 0 Å². The number of fused-ring (bicyclic) bond motifs is 1. The van der Waals surface area contributed by atoms with Gasteiger partial charge >= 0.3 is 0 Å². The summed E-state index contributed by atoms with van der Waals surface area (Å²) in [5, 5.41) is 8.80. The molecule has 0 saturated carbocycles. The second-order valence-corrected chi connectivity index (χ2v) is 9.90. The van der Waals surface area contributed by atoms with E-state index in [1.165, 1.54) is 25.9 Å². The lowest BCUT2D eigenvalue weighted by molar-refractivity contribution is 0.262. The summed E-state index contributed by atoms with van der Waals surface area (Å²) < 4.78 is 6.91. The zero-order chi connectivity index (χ0) is 22.8. The first-order valence-corrected chi connectivity index (χ1v) is 12.8. The van der Waals surface area contributed by atoms with Gasteiger partial charge in [-0.1, -0.05) is 11.6 Å². The van der Waals surface area contributed by atoms with Crippen molar-refractivity contribution in [3.05, 3.63) is 33.6 Å². The van der Waals surface area contributed by atoms with Gasteiger partial charge in [0, 0.05) is 49.0 Å². The molecule has 2 saturated heterocycles. The fourth-order valence-electron chi connectivity index (χ4n) is 4.80. The number of hydrogen-bond donors (Lipinski definition) is 1. The van der Waals surface area contributed by atoms with Gasteiger partial charge < -0.3 is 19.4 Å². The number of ether oxygens (including phenoxy) is 1. The summed E-state index contributed by atoms with van der Waals surface area (Å²) in [5.41, 5.74) is 3.04. The van der Waals surface area contributed by atoms with Crippen molar-refractivity contribution < 1.29 is 4.74 Å². The van der Waals surface area contributed by atoms with Crippen molar-refractivity contribution in [1.82, 2.24) is 25.1 Å². The van der Waals surface area contributed by atoms with Gasteiger partial charge in [0.2, 0.25) is 0 Å². The molecule has 0 aliphatic carbocycles. The second kappa shape index (κ2) is 11.3. The molecule has 3 aromatic rings. The second-order valence-electron chi connectivity index (χ2n) is 8.71. The number of rotatable bonds is 7. The zero-order valence-electron chi connectivity index (χ0n) is 19.3. The van der Waals surface area contributed by atoms with Gasteiger partial charge in [0.1, 0.15) is 22.5 Å². The van der Waals surface area contributed by atoms with Gasteiger partial charge in [-0.2, -0.15) is 5.10 Å². The molecule has 8 nitrogen and oxygen atoms in total. The molecule has 34 heavy (non-hydrogen) atoms. The van der Waals surface area contributed by atoms with E-state index in [1.54, 1.807) is 6.33 Å². The van der Waals surface area contributed by atoms with Crippen LogP contribution < -0.4 is 14.5 Å². The molecule has 1 N–H and O–H groups in total. The number of anilines is 2. The summed E-state index contributed by atoms with van der Waals surface area (Å²) in [6, 6.07) is 4.00. The Morgan fingerprint density at radius 3 is 2.56 bits per heavy atom. The number of nitrogens with one attached hydrogen (secondary N) is 1. The summed E-state index contributed by atoms with van der Waals surface area (Å²) >= 11 is 10.0. The number of aromatic amines is 1. The van der Waals surface area contributed by atoms with Crippen LogP contribution in [-0.4, -0.2) is 77.5 Å². The van der Waals surface area contributed by atoms with Crippen molar-refractivity contribution in [2.24, 2.45) is 0 Å². The summed E-state index contributed by atoms with van der Waals surface area (Å²) in [4.78, 5) is 16.0. The molecule has 11 heteroatoms. The fraction of sp³-hybridized carbons (Fsp3) is 0.522. The smallest absolute Gasteiger partial charge is 0.161 e. The minimum absolute atomic E-state index is 0. The third kappa shape index (κ3) is 5.37.